The van der Waals surface area contributed by atoms with Crippen LogP contribution in [-0.2, 0) is 20.7 Å². The normalized spacial score (nSPS) is 28.6. The highest BCUT2D eigenvalue weighted by Gasteiger charge is 2.49. The lowest BCUT2D eigenvalue weighted by molar-refractivity contribution is -0.466. The smallest absolute Gasteiger partial charge is 0.227 e. The number of amides is 1. The van der Waals surface area contributed by atoms with Gasteiger partial charge in [0.15, 0.2) is 12.1 Å². The third kappa shape index (κ3) is 4.91. The lowest BCUT2D eigenvalue weighted by atomic mass is 9.72. The number of nitrogens with one attached hydrogen (secondary N) is 1. The number of hydrazone groups is 1. The van der Waals surface area contributed by atoms with Gasteiger partial charge in [0.2, 0.25) is 12.2 Å². The highest BCUT2D eigenvalue weighted by molar-refractivity contribution is 6.31. The first-order valence-corrected chi connectivity index (χ1v) is 13.1. The van der Waals surface area contributed by atoms with Gasteiger partial charge in [-0.15, -0.1) is 0 Å². The quantitative estimate of drug-likeness (QED) is 0.0718. The molecule has 3 aliphatic rings. The molecule has 6 atom stereocenters. The number of aliphatic hydroxyl groups is 2. The number of ether oxygens (including phenoxy) is 3. The third-order valence-electron chi connectivity index (χ3n) is 8.18. The fraction of sp³-hybridized carbons (Fsp3) is 0.429. The number of benzene rings is 2. The number of nitrogens with zero attached hydrogens (tertiary/aromatic N) is 1. The van der Waals surface area contributed by atoms with Gasteiger partial charge in [-0.05, 0) is 19.9 Å². The summed E-state index contributed by atoms with van der Waals surface area (Å²) < 4.78 is 17.3. The van der Waals surface area contributed by atoms with Gasteiger partial charge in [-0.3, -0.25) is 14.4 Å². The number of aliphatic hydroxyl groups excluding tert-OH is 1. The Kier molecular flexibility index (Phi) is 8.65. The predicted octanol–water partition coefficient (Wildman–Crippen LogP) is -3.15. The van der Waals surface area contributed by atoms with Crippen LogP contribution in [0, 0.1) is 0 Å². The largest absolute Gasteiger partial charge is 1.00 e. The van der Waals surface area contributed by atoms with Crippen LogP contribution < -0.4 is 28.3 Å². The lowest BCUT2D eigenvalue weighted by Crippen LogP contribution is -3.00. The Morgan fingerprint density at radius 1 is 1.19 bits per heavy atom. The van der Waals surface area contributed by atoms with Gasteiger partial charge in [-0.1, -0.05) is 12.1 Å². The molecule has 14 heteroatoms. The van der Waals surface area contributed by atoms with Crippen molar-refractivity contribution in [1.29, 1.82) is 0 Å². The van der Waals surface area contributed by atoms with Crippen LogP contribution in [0.5, 0.6) is 17.2 Å². The number of halogens is 1. The van der Waals surface area contributed by atoms with Gasteiger partial charge in [0.1, 0.15) is 35.0 Å². The number of rotatable bonds is 6. The van der Waals surface area contributed by atoms with Gasteiger partial charge in [-0.2, -0.15) is 5.10 Å². The summed E-state index contributed by atoms with van der Waals surface area (Å²) in [6, 6.07) is 4.02. The van der Waals surface area contributed by atoms with Crippen LogP contribution >= 0.6 is 0 Å². The average Bonchev–Trinajstić information content (AvgIpc) is 2.94. The SMILES string of the molecule is COc1cccc2c1C(=O)c1c(O)c3c(c(O)c1C2=O)C[C@@](O)(/C(C)=N/NC=O)C[C@@H]3OC1CC([NH3+])C(O)C(C)O1.[Cl-]. The van der Waals surface area contributed by atoms with Crippen LogP contribution in [-0.4, -0.2) is 81.4 Å². The van der Waals surface area contributed by atoms with Crippen molar-refractivity contribution in [2.45, 2.75) is 69.4 Å². The minimum absolute atomic E-state index is 0. The van der Waals surface area contributed by atoms with Gasteiger partial charge < -0.3 is 52.8 Å². The number of quaternary nitrogens is 1. The molecular weight excluding hydrogens is 574 g/mol. The molecule has 5 rings (SSSR count). The Morgan fingerprint density at radius 3 is 2.52 bits per heavy atom. The van der Waals surface area contributed by atoms with Gasteiger partial charge in [0.05, 0.1) is 48.1 Å². The number of fused-ring (bicyclic) bond motifs is 3. The summed E-state index contributed by atoms with van der Waals surface area (Å²) in [6.07, 6.45) is -3.62. The Labute approximate surface area is 246 Å². The average molecular weight is 606 g/mol. The van der Waals surface area contributed by atoms with Crippen molar-refractivity contribution in [3.63, 3.8) is 0 Å². The van der Waals surface area contributed by atoms with Crippen LogP contribution in [0.4, 0.5) is 0 Å². The topological polar surface area (TPSA) is 212 Å². The van der Waals surface area contributed by atoms with Crippen LogP contribution in [0.25, 0.3) is 0 Å². The van der Waals surface area contributed by atoms with E-state index in [2.05, 4.69) is 16.3 Å². The van der Waals surface area contributed by atoms with Gasteiger partial charge >= 0.3 is 0 Å². The number of methoxy groups -OCH3 is 1. The van der Waals surface area contributed by atoms with E-state index in [1.165, 1.54) is 32.2 Å². The molecule has 1 fully saturated rings. The van der Waals surface area contributed by atoms with Gasteiger partial charge in [0.25, 0.3) is 0 Å². The van der Waals surface area contributed by atoms with E-state index in [1.54, 1.807) is 6.92 Å². The number of ketones is 2. The van der Waals surface area contributed by atoms with Crippen LogP contribution in [0.1, 0.15) is 75.8 Å². The van der Waals surface area contributed by atoms with E-state index in [0.717, 1.165) is 0 Å². The van der Waals surface area contributed by atoms with Crippen LogP contribution in [0.3, 0.4) is 0 Å². The molecule has 42 heavy (non-hydrogen) atoms. The van der Waals surface area contributed by atoms with Crippen molar-refractivity contribution in [2.24, 2.45) is 5.10 Å². The zero-order valence-electron chi connectivity index (χ0n) is 23.1. The van der Waals surface area contributed by atoms with Crippen LogP contribution in [0.15, 0.2) is 23.3 Å². The molecule has 2 aromatic rings. The Hall–Kier alpha value is -3.59. The molecule has 1 amide bonds. The monoisotopic (exact) mass is 605 g/mol. The number of carbonyl (C=O) groups is 3. The third-order valence-corrected chi connectivity index (χ3v) is 8.18. The standard InChI is InChI=1S/C28H31N3O10.ClH/c1-11-23(33)15(29)7-18(40-11)41-17-9-28(38,12(2)31-30-10-32)8-14-20(17)27(37)22-21(25(14)35)24(34)13-5-4-6-16(39-3)19(13)26(22)36;/h4-6,10-11,15,17-18,23,33,35,37-38H,7-9,29H2,1-3H3,(H,30,32);1H/b31-12+;/t11?,15?,17-,18?,23?,28-;/m0./s1. The number of carbonyl (C=O) groups excluding carboxylic acids is 3. The molecule has 13 nitrogen and oxygen atoms in total. The first-order valence-electron chi connectivity index (χ1n) is 13.1. The molecule has 1 saturated heterocycles. The molecule has 2 aromatic carbocycles. The Balaban J connectivity index is 0.00000405. The highest BCUT2D eigenvalue weighted by atomic mass is 35.5. The van der Waals surface area contributed by atoms with Crippen molar-refractivity contribution in [3.05, 3.63) is 51.6 Å². The van der Waals surface area contributed by atoms with E-state index in [1.807, 2.05) is 0 Å². The first-order chi connectivity index (χ1) is 19.4. The molecule has 4 unspecified atom stereocenters. The number of hydrogen-bond donors (Lipinski definition) is 6. The summed E-state index contributed by atoms with van der Waals surface area (Å²) in [5.74, 6) is -2.47. The van der Waals surface area contributed by atoms with Crippen molar-refractivity contribution in [2.75, 3.05) is 7.11 Å². The van der Waals surface area contributed by atoms with E-state index in [0.29, 0.717) is 6.41 Å². The molecular formula is C28H32ClN3O10. The summed E-state index contributed by atoms with van der Waals surface area (Å²) in [7, 11) is 1.35. The van der Waals surface area contributed by atoms with Crippen molar-refractivity contribution in [1.82, 2.24) is 5.43 Å². The second kappa shape index (κ2) is 11.6. The minimum Gasteiger partial charge on any atom is -1.00 e. The van der Waals surface area contributed by atoms with Gasteiger partial charge in [0, 0.05) is 29.5 Å². The molecule has 0 spiro atoms. The second-order valence-electron chi connectivity index (χ2n) is 10.6. The highest BCUT2D eigenvalue weighted by Crippen LogP contribution is 2.52. The maximum atomic E-state index is 13.7. The molecule has 0 radical (unpaired) electrons. The number of phenols is 2. The summed E-state index contributed by atoms with van der Waals surface area (Å²) in [4.78, 5) is 38.2. The molecule has 8 N–H and O–H groups in total. The lowest BCUT2D eigenvalue weighted by Gasteiger charge is -2.42. The summed E-state index contributed by atoms with van der Waals surface area (Å²) in [5, 5.41) is 49.0. The summed E-state index contributed by atoms with van der Waals surface area (Å²) >= 11 is 0. The molecule has 1 aliphatic heterocycles. The van der Waals surface area contributed by atoms with E-state index >= 15 is 0 Å². The summed E-state index contributed by atoms with van der Waals surface area (Å²) in [6.45, 7) is 3.12. The summed E-state index contributed by atoms with van der Waals surface area (Å²) in [5.41, 5.74) is 3.47. The Bertz CT molecular complexity index is 1470. The molecule has 1 heterocycles. The van der Waals surface area contributed by atoms with E-state index in [-0.39, 0.29) is 65.4 Å². The van der Waals surface area contributed by atoms with E-state index in [4.69, 9.17) is 14.2 Å². The van der Waals surface area contributed by atoms with Crippen molar-refractivity contribution >= 4 is 23.7 Å². The maximum absolute atomic E-state index is 13.7. The van der Waals surface area contributed by atoms with E-state index in [9.17, 15) is 34.8 Å². The van der Waals surface area contributed by atoms with E-state index < -0.39 is 70.4 Å². The maximum Gasteiger partial charge on any atom is 0.227 e. The minimum atomic E-state index is -1.81. The molecule has 2 aliphatic carbocycles. The molecule has 0 bridgehead atoms. The van der Waals surface area contributed by atoms with Crippen LogP contribution in [0.2, 0.25) is 0 Å². The fourth-order valence-corrected chi connectivity index (χ4v) is 5.95. The predicted molar refractivity (Wildman–Crippen MR) is 141 cm³/mol. The zero-order valence-corrected chi connectivity index (χ0v) is 23.8. The van der Waals surface area contributed by atoms with Gasteiger partial charge in [-0.25, -0.2) is 5.43 Å². The van der Waals surface area contributed by atoms with Crippen molar-refractivity contribution in [3.8, 4) is 17.2 Å². The molecule has 226 valence electrons. The molecule has 0 saturated carbocycles. The number of phenolic OH excluding ortho intramolecular Hbond substituents is 2. The number of aromatic hydroxyl groups is 2. The number of hydrogen-bond acceptors (Lipinski definition) is 11. The molecule has 0 aromatic heterocycles. The fourth-order valence-electron chi connectivity index (χ4n) is 5.95. The Morgan fingerprint density at radius 2 is 1.88 bits per heavy atom. The zero-order chi connectivity index (χ0) is 29.8. The van der Waals surface area contributed by atoms with Crippen molar-refractivity contribution < 1.29 is 67.2 Å². The second-order valence-corrected chi connectivity index (χ2v) is 10.6. The first kappa shape index (κ1) is 31.3.